The molecule has 0 saturated carbocycles. The summed E-state index contributed by atoms with van der Waals surface area (Å²) in [5, 5.41) is 2.21. The van der Waals surface area contributed by atoms with E-state index in [1.54, 1.807) is 30.3 Å². The van der Waals surface area contributed by atoms with Gasteiger partial charge >= 0.3 is 6.03 Å². The highest BCUT2D eigenvalue weighted by Gasteiger charge is 2.40. The third-order valence-electron chi connectivity index (χ3n) is 3.87. The molecule has 3 rings (SSSR count). The van der Waals surface area contributed by atoms with Crippen molar-refractivity contribution in [2.75, 3.05) is 4.90 Å². The molecule has 1 aliphatic rings. The van der Waals surface area contributed by atoms with Gasteiger partial charge < -0.3 is 0 Å². The first-order chi connectivity index (χ1) is 12.0. The molecule has 0 aromatic heterocycles. The van der Waals surface area contributed by atoms with Crippen LogP contribution in [-0.2, 0) is 9.59 Å². The number of nitrogens with zero attached hydrogens (tertiary/aromatic N) is 2. The Balaban J connectivity index is 1.89. The van der Waals surface area contributed by atoms with Gasteiger partial charge in [0.25, 0.3) is 5.91 Å². The SMILES string of the molecule is Cc1ccc(N=C[C@H]2C(=O)NC(=O)N(c3cccc(C)c3)C2=O)cc1. The number of rotatable bonds is 3. The molecule has 25 heavy (non-hydrogen) atoms. The van der Waals surface area contributed by atoms with Gasteiger partial charge in [-0.25, -0.2) is 9.69 Å². The van der Waals surface area contributed by atoms with Crippen molar-refractivity contribution in [1.82, 2.24) is 5.32 Å². The van der Waals surface area contributed by atoms with E-state index < -0.39 is 23.8 Å². The molecule has 6 heteroatoms. The van der Waals surface area contributed by atoms with Crippen molar-refractivity contribution >= 4 is 35.4 Å². The van der Waals surface area contributed by atoms with E-state index in [1.807, 2.05) is 32.0 Å². The van der Waals surface area contributed by atoms with Gasteiger partial charge in [-0.05, 0) is 43.7 Å². The molecular formula is C19H17N3O3. The van der Waals surface area contributed by atoms with Crippen molar-refractivity contribution in [1.29, 1.82) is 0 Å². The summed E-state index contributed by atoms with van der Waals surface area (Å²) in [6.07, 6.45) is 1.28. The minimum Gasteiger partial charge on any atom is -0.276 e. The summed E-state index contributed by atoms with van der Waals surface area (Å²) in [6, 6.07) is 13.6. The molecule has 0 bridgehead atoms. The smallest absolute Gasteiger partial charge is 0.276 e. The maximum absolute atomic E-state index is 12.7. The highest BCUT2D eigenvalue weighted by molar-refractivity contribution is 6.32. The molecule has 2 aromatic rings. The molecule has 1 heterocycles. The summed E-state index contributed by atoms with van der Waals surface area (Å²) in [7, 11) is 0. The van der Waals surface area contributed by atoms with Crippen LogP contribution in [-0.4, -0.2) is 24.1 Å². The summed E-state index contributed by atoms with van der Waals surface area (Å²) < 4.78 is 0. The maximum atomic E-state index is 12.7. The molecule has 0 spiro atoms. The molecule has 2 aromatic carbocycles. The van der Waals surface area contributed by atoms with Crippen LogP contribution in [0, 0.1) is 19.8 Å². The number of amides is 4. The van der Waals surface area contributed by atoms with E-state index in [-0.39, 0.29) is 0 Å². The summed E-state index contributed by atoms with van der Waals surface area (Å²) in [5.74, 6) is -2.44. The highest BCUT2D eigenvalue weighted by atomic mass is 16.2. The summed E-state index contributed by atoms with van der Waals surface area (Å²) in [4.78, 5) is 42.0. The van der Waals surface area contributed by atoms with Gasteiger partial charge in [-0.1, -0.05) is 29.8 Å². The topological polar surface area (TPSA) is 78.8 Å². The lowest BCUT2D eigenvalue weighted by Gasteiger charge is -2.28. The van der Waals surface area contributed by atoms with Crippen molar-refractivity contribution < 1.29 is 14.4 Å². The average Bonchev–Trinajstić information content (AvgIpc) is 2.56. The Hall–Kier alpha value is -3.28. The first-order valence-corrected chi connectivity index (χ1v) is 7.82. The fraction of sp³-hybridized carbons (Fsp3) is 0.158. The number of hydrogen-bond donors (Lipinski definition) is 1. The molecule has 1 aliphatic heterocycles. The predicted octanol–water partition coefficient (Wildman–Crippen LogP) is 2.90. The summed E-state index contributed by atoms with van der Waals surface area (Å²) in [6.45, 7) is 3.81. The van der Waals surface area contributed by atoms with Crippen LogP contribution in [0.4, 0.5) is 16.2 Å². The normalized spacial score (nSPS) is 17.9. The first-order valence-electron chi connectivity index (χ1n) is 7.82. The van der Waals surface area contributed by atoms with Gasteiger partial charge in [-0.2, -0.15) is 0 Å². The van der Waals surface area contributed by atoms with E-state index in [0.717, 1.165) is 16.0 Å². The number of aryl methyl sites for hydroxylation is 2. The molecule has 1 saturated heterocycles. The molecule has 0 unspecified atom stereocenters. The number of anilines is 1. The Labute approximate surface area is 145 Å². The number of urea groups is 1. The predicted molar refractivity (Wildman–Crippen MR) is 95.0 cm³/mol. The Kier molecular flexibility index (Phi) is 4.43. The molecule has 0 radical (unpaired) electrons. The molecule has 0 aliphatic carbocycles. The molecule has 1 fully saturated rings. The third-order valence-corrected chi connectivity index (χ3v) is 3.87. The van der Waals surface area contributed by atoms with Crippen LogP contribution < -0.4 is 10.2 Å². The van der Waals surface area contributed by atoms with E-state index in [0.29, 0.717) is 11.4 Å². The maximum Gasteiger partial charge on any atom is 0.335 e. The summed E-state index contributed by atoms with van der Waals surface area (Å²) in [5.41, 5.74) is 3.04. The Bertz CT molecular complexity index is 872. The third kappa shape index (κ3) is 3.47. The quantitative estimate of drug-likeness (QED) is 0.692. The van der Waals surface area contributed by atoms with Gasteiger partial charge in [0, 0.05) is 6.21 Å². The van der Waals surface area contributed by atoms with Crippen molar-refractivity contribution in [3.8, 4) is 0 Å². The number of carbonyl (C=O) groups excluding carboxylic acids is 3. The van der Waals surface area contributed by atoms with E-state index in [2.05, 4.69) is 10.3 Å². The minimum absolute atomic E-state index is 0.420. The van der Waals surface area contributed by atoms with Gasteiger partial charge in [0.15, 0.2) is 5.92 Å². The second-order valence-corrected chi connectivity index (χ2v) is 5.90. The van der Waals surface area contributed by atoms with Crippen LogP contribution in [0.5, 0.6) is 0 Å². The second-order valence-electron chi connectivity index (χ2n) is 5.90. The number of imide groups is 2. The molecule has 4 amide bonds. The molecule has 6 nitrogen and oxygen atoms in total. The largest absolute Gasteiger partial charge is 0.335 e. The first kappa shape index (κ1) is 16.6. The molecule has 1 atom stereocenters. The van der Waals surface area contributed by atoms with Crippen molar-refractivity contribution in [2.24, 2.45) is 10.9 Å². The Morgan fingerprint density at radius 3 is 2.40 bits per heavy atom. The number of hydrogen-bond acceptors (Lipinski definition) is 4. The molecular weight excluding hydrogens is 318 g/mol. The second kappa shape index (κ2) is 6.68. The standard InChI is InChI=1S/C19H17N3O3/c1-12-6-8-14(9-7-12)20-11-16-17(23)21-19(25)22(18(16)24)15-5-3-4-13(2)10-15/h3-11,16H,1-2H3,(H,21,23,25)/t16-/m0/s1. The lowest BCUT2D eigenvalue weighted by molar-refractivity contribution is -0.131. The Morgan fingerprint density at radius 1 is 1.00 bits per heavy atom. The van der Waals surface area contributed by atoms with Gasteiger partial charge in [0.2, 0.25) is 5.91 Å². The zero-order chi connectivity index (χ0) is 18.0. The van der Waals surface area contributed by atoms with Crippen molar-refractivity contribution in [3.63, 3.8) is 0 Å². The average molecular weight is 335 g/mol. The van der Waals surface area contributed by atoms with Crippen molar-refractivity contribution in [2.45, 2.75) is 13.8 Å². The zero-order valence-corrected chi connectivity index (χ0v) is 13.9. The van der Waals surface area contributed by atoms with Gasteiger partial charge in [0.05, 0.1) is 11.4 Å². The van der Waals surface area contributed by atoms with Crippen molar-refractivity contribution in [3.05, 3.63) is 59.7 Å². The van der Waals surface area contributed by atoms with Crippen LogP contribution in [0.25, 0.3) is 0 Å². The van der Waals surface area contributed by atoms with E-state index in [4.69, 9.17) is 0 Å². The number of carbonyl (C=O) groups is 3. The van der Waals surface area contributed by atoms with Crippen LogP contribution in [0.3, 0.4) is 0 Å². The molecule has 126 valence electrons. The van der Waals surface area contributed by atoms with Gasteiger partial charge in [0.1, 0.15) is 0 Å². The zero-order valence-electron chi connectivity index (χ0n) is 13.9. The van der Waals surface area contributed by atoms with Crippen LogP contribution in [0.2, 0.25) is 0 Å². The number of nitrogens with one attached hydrogen (secondary N) is 1. The van der Waals surface area contributed by atoms with E-state index in [1.165, 1.54) is 6.21 Å². The van der Waals surface area contributed by atoms with Gasteiger partial charge in [-0.15, -0.1) is 0 Å². The van der Waals surface area contributed by atoms with Crippen LogP contribution >= 0.6 is 0 Å². The Morgan fingerprint density at radius 2 is 1.72 bits per heavy atom. The highest BCUT2D eigenvalue weighted by Crippen LogP contribution is 2.22. The van der Waals surface area contributed by atoms with E-state index in [9.17, 15) is 14.4 Å². The number of aliphatic imine (C=N–C) groups is 1. The fourth-order valence-electron chi connectivity index (χ4n) is 2.52. The fourth-order valence-corrected chi connectivity index (χ4v) is 2.52. The lowest BCUT2D eigenvalue weighted by atomic mass is 10.1. The monoisotopic (exact) mass is 335 g/mol. The van der Waals surface area contributed by atoms with Crippen LogP contribution in [0.1, 0.15) is 11.1 Å². The number of benzene rings is 2. The van der Waals surface area contributed by atoms with E-state index >= 15 is 0 Å². The lowest BCUT2D eigenvalue weighted by Crippen LogP contribution is -2.58. The van der Waals surface area contributed by atoms with Crippen LogP contribution in [0.15, 0.2) is 53.5 Å². The minimum atomic E-state index is -1.15. The van der Waals surface area contributed by atoms with Gasteiger partial charge in [-0.3, -0.25) is 19.9 Å². The number of barbiturate groups is 1. The molecule has 1 N–H and O–H groups in total. The summed E-state index contributed by atoms with van der Waals surface area (Å²) >= 11 is 0.